The summed E-state index contributed by atoms with van der Waals surface area (Å²) in [7, 11) is 0. The normalized spacial score (nSPS) is 10.2. The van der Waals surface area contributed by atoms with Crippen LogP contribution in [0.1, 0.15) is 23.1 Å². The molecule has 0 aromatic heterocycles. The SMILES string of the molecule is Cc1cc(CC#N)c(O)c(C(F)F)c1. The Morgan fingerprint density at radius 1 is 1.50 bits per heavy atom. The highest BCUT2D eigenvalue weighted by atomic mass is 19.3. The molecule has 1 N–H and O–H groups in total. The summed E-state index contributed by atoms with van der Waals surface area (Å²) in [6, 6.07) is 4.57. The van der Waals surface area contributed by atoms with Crippen molar-refractivity contribution in [3.05, 3.63) is 28.8 Å². The maximum atomic E-state index is 12.4. The quantitative estimate of drug-likeness (QED) is 0.792. The number of aryl methyl sites for hydroxylation is 1. The number of alkyl halides is 2. The van der Waals surface area contributed by atoms with E-state index in [-0.39, 0.29) is 12.0 Å². The van der Waals surface area contributed by atoms with Crippen LogP contribution < -0.4 is 0 Å². The van der Waals surface area contributed by atoms with Gasteiger partial charge in [-0.2, -0.15) is 5.26 Å². The molecule has 0 spiro atoms. The Hall–Kier alpha value is -1.63. The van der Waals surface area contributed by atoms with E-state index in [0.29, 0.717) is 5.56 Å². The van der Waals surface area contributed by atoms with E-state index in [1.807, 2.05) is 6.07 Å². The summed E-state index contributed by atoms with van der Waals surface area (Å²) >= 11 is 0. The number of rotatable bonds is 2. The molecule has 0 bridgehead atoms. The second-order valence-corrected chi connectivity index (χ2v) is 3.00. The van der Waals surface area contributed by atoms with E-state index in [9.17, 15) is 13.9 Å². The van der Waals surface area contributed by atoms with E-state index < -0.39 is 17.7 Å². The lowest BCUT2D eigenvalue weighted by Crippen LogP contribution is -1.92. The molecular formula is C10H9F2NO. The van der Waals surface area contributed by atoms with Crippen molar-refractivity contribution in [1.82, 2.24) is 0 Å². The molecule has 74 valence electrons. The van der Waals surface area contributed by atoms with Gasteiger partial charge in [0.2, 0.25) is 0 Å². The molecule has 0 aliphatic heterocycles. The fraction of sp³-hybridized carbons (Fsp3) is 0.300. The highest BCUT2D eigenvalue weighted by Crippen LogP contribution is 2.32. The molecule has 1 rings (SSSR count). The average Bonchev–Trinajstić information content (AvgIpc) is 2.10. The molecule has 14 heavy (non-hydrogen) atoms. The van der Waals surface area contributed by atoms with E-state index >= 15 is 0 Å². The minimum atomic E-state index is -2.72. The van der Waals surface area contributed by atoms with E-state index in [4.69, 9.17) is 5.26 Å². The van der Waals surface area contributed by atoms with Gasteiger partial charge in [0, 0.05) is 5.56 Å². The van der Waals surface area contributed by atoms with Crippen LogP contribution in [0.3, 0.4) is 0 Å². The maximum Gasteiger partial charge on any atom is 0.267 e. The van der Waals surface area contributed by atoms with E-state index in [1.165, 1.54) is 12.1 Å². The van der Waals surface area contributed by atoms with Gasteiger partial charge in [-0.3, -0.25) is 0 Å². The Bertz CT molecular complexity index is 382. The van der Waals surface area contributed by atoms with Crippen LogP contribution in [-0.2, 0) is 6.42 Å². The predicted molar refractivity (Wildman–Crippen MR) is 47.1 cm³/mol. The van der Waals surface area contributed by atoms with Crippen LogP contribution in [0.25, 0.3) is 0 Å². The molecule has 1 aromatic carbocycles. The van der Waals surface area contributed by atoms with E-state index in [1.54, 1.807) is 6.92 Å². The van der Waals surface area contributed by atoms with Crippen LogP contribution in [0.5, 0.6) is 5.75 Å². The molecule has 0 aliphatic carbocycles. The Morgan fingerprint density at radius 3 is 2.64 bits per heavy atom. The smallest absolute Gasteiger partial charge is 0.267 e. The first-order valence-corrected chi connectivity index (χ1v) is 4.03. The predicted octanol–water partition coefficient (Wildman–Crippen LogP) is 2.70. The molecule has 1 aromatic rings. The van der Waals surface area contributed by atoms with Crippen molar-refractivity contribution >= 4 is 0 Å². The summed E-state index contributed by atoms with van der Waals surface area (Å²) < 4.78 is 24.8. The topological polar surface area (TPSA) is 44.0 Å². The van der Waals surface area contributed by atoms with Gasteiger partial charge in [-0.05, 0) is 13.0 Å². The first-order chi connectivity index (χ1) is 6.56. The molecule has 0 unspecified atom stereocenters. The third-order valence-corrected chi connectivity index (χ3v) is 1.87. The van der Waals surface area contributed by atoms with Gasteiger partial charge in [-0.1, -0.05) is 11.6 Å². The summed E-state index contributed by atoms with van der Waals surface area (Å²) in [4.78, 5) is 0. The Morgan fingerprint density at radius 2 is 2.14 bits per heavy atom. The first-order valence-electron chi connectivity index (χ1n) is 4.03. The largest absolute Gasteiger partial charge is 0.507 e. The zero-order valence-electron chi connectivity index (χ0n) is 7.59. The highest BCUT2D eigenvalue weighted by Gasteiger charge is 2.16. The number of hydrogen-bond acceptors (Lipinski definition) is 2. The van der Waals surface area contributed by atoms with Crippen molar-refractivity contribution in [3.63, 3.8) is 0 Å². The van der Waals surface area contributed by atoms with Crippen LogP contribution in [0, 0.1) is 18.3 Å². The Balaban J connectivity index is 3.26. The average molecular weight is 197 g/mol. The second-order valence-electron chi connectivity index (χ2n) is 3.00. The Labute approximate surface area is 80.4 Å². The lowest BCUT2D eigenvalue weighted by molar-refractivity contribution is 0.147. The van der Waals surface area contributed by atoms with Crippen molar-refractivity contribution in [2.45, 2.75) is 19.8 Å². The van der Waals surface area contributed by atoms with Gasteiger partial charge in [-0.25, -0.2) is 8.78 Å². The molecule has 0 heterocycles. The molecule has 0 aliphatic rings. The summed E-state index contributed by atoms with van der Waals surface area (Å²) in [5, 5.41) is 17.8. The van der Waals surface area contributed by atoms with Crippen molar-refractivity contribution in [3.8, 4) is 11.8 Å². The van der Waals surface area contributed by atoms with Crippen LogP contribution in [0.2, 0.25) is 0 Å². The number of aromatic hydroxyl groups is 1. The van der Waals surface area contributed by atoms with Crippen LogP contribution in [-0.4, -0.2) is 5.11 Å². The fourth-order valence-corrected chi connectivity index (χ4v) is 1.27. The summed E-state index contributed by atoms with van der Waals surface area (Å²) in [5.74, 6) is -0.466. The third kappa shape index (κ3) is 1.99. The minimum Gasteiger partial charge on any atom is -0.507 e. The molecule has 0 radical (unpaired) electrons. The lowest BCUT2D eigenvalue weighted by Gasteiger charge is -2.08. The standard InChI is InChI=1S/C10H9F2NO/c1-6-4-7(2-3-13)9(14)8(5-6)10(11)12/h4-5,10,14H,2H2,1H3. The summed E-state index contributed by atoms with van der Waals surface area (Å²) in [6.07, 6.45) is -2.78. The maximum absolute atomic E-state index is 12.4. The third-order valence-electron chi connectivity index (χ3n) is 1.87. The number of hydrogen-bond donors (Lipinski definition) is 1. The molecule has 4 heteroatoms. The molecule has 0 saturated heterocycles. The van der Waals surface area contributed by atoms with Crippen molar-refractivity contribution < 1.29 is 13.9 Å². The zero-order valence-corrected chi connectivity index (χ0v) is 7.59. The van der Waals surface area contributed by atoms with E-state index in [0.717, 1.165) is 0 Å². The zero-order chi connectivity index (χ0) is 10.7. The van der Waals surface area contributed by atoms with Crippen LogP contribution in [0.15, 0.2) is 12.1 Å². The monoisotopic (exact) mass is 197 g/mol. The second kappa shape index (κ2) is 4.05. The summed E-state index contributed by atoms with van der Waals surface area (Å²) in [5.41, 5.74) is 0.460. The van der Waals surface area contributed by atoms with Gasteiger partial charge in [0.15, 0.2) is 0 Å². The van der Waals surface area contributed by atoms with Gasteiger partial charge in [0.25, 0.3) is 6.43 Å². The van der Waals surface area contributed by atoms with Gasteiger partial charge in [-0.15, -0.1) is 0 Å². The van der Waals surface area contributed by atoms with E-state index in [2.05, 4.69) is 0 Å². The van der Waals surface area contributed by atoms with Gasteiger partial charge in [0.05, 0.1) is 18.1 Å². The van der Waals surface area contributed by atoms with Crippen molar-refractivity contribution in [1.29, 1.82) is 5.26 Å². The number of phenolic OH excluding ortho intramolecular Hbond substituents is 1. The molecule has 0 atom stereocenters. The molecule has 0 saturated carbocycles. The van der Waals surface area contributed by atoms with Crippen LogP contribution >= 0.6 is 0 Å². The molecular weight excluding hydrogens is 188 g/mol. The van der Waals surface area contributed by atoms with Gasteiger partial charge >= 0.3 is 0 Å². The summed E-state index contributed by atoms with van der Waals surface area (Å²) in [6.45, 7) is 1.65. The first kappa shape index (κ1) is 10.5. The number of benzene rings is 1. The lowest BCUT2D eigenvalue weighted by atomic mass is 10.0. The minimum absolute atomic E-state index is 0.0623. The van der Waals surface area contributed by atoms with Crippen molar-refractivity contribution in [2.75, 3.05) is 0 Å². The van der Waals surface area contributed by atoms with Gasteiger partial charge in [0.1, 0.15) is 5.75 Å². The molecule has 0 amide bonds. The Kier molecular flexibility index (Phi) is 3.03. The fourth-order valence-electron chi connectivity index (χ4n) is 1.27. The molecule has 0 fully saturated rings. The van der Waals surface area contributed by atoms with Gasteiger partial charge < -0.3 is 5.11 Å². The number of nitrogens with zero attached hydrogens (tertiary/aromatic N) is 1. The number of nitriles is 1. The van der Waals surface area contributed by atoms with Crippen molar-refractivity contribution in [2.24, 2.45) is 0 Å². The van der Waals surface area contributed by atoms with Crippen LogP contribution in [0.4, 0.5) is 8.78 Å². The number of halogens is 2. The number of phenols is 1. The molecule has 2 nitrogen and oxygen atoms in total. The highest BCUT2D eigenvalue weighted by molar-refractivity contribution is 5.45.